The molecule has 0 saturated carbocycles. The lowest BCUT2D eigenvalue weighted by Gasteiger charge is -1.97. The van der Waals surface area contributed by atoms with E-state index in [2.05, 4.69) is 26.1 Å². The first kappa shape index (κ1) is 9.78. The van der Waals surface area contributed by atoms with Crippen molar-refractivity contribution in [2.45, 2.75) is 0 Å². The Balaban J connectivity index is 2.47. The van der Waals surface area contributed by atoms with Gasteiger partial charge >= 0.3 is 0 Å². The van der Waals surface area contributed by atoms with Gasteiger partial charge in [0.15, 0.2) is 0 Å². The summed E-state index contributed by atoms with van der Waals surface area (Å²) in [6, 6.07) is 4.49. The lowest BCUT2D eigenvalue weighted by Crippen LogP contribution is -1.89. The molecule has 0 aliphatic rings. The molecule has 0 radical (unpaired) electrons. The molecule has 6 nitrogen and oxygen atoms in total. The van der Waals surface area contributed by atoms with Gasteiger partial charge in [-0.2, -0.15) is 0 Å². The second kappa shape index (κ2) is 3.77. The monoisotopic (exact) mass is 269 g/mol. The van der Waals surface area contributed by atoms with Gasteiger partial charge in [0.25, 0.3) is 5.69 Å². The molecule has 0 atom stereocenters. The molecule has 2 rings (SSSR count). The standard InChI is InChI=1S/C8H4BrN3O3/c9-6-3-5(8-11-10-4-15-8)1-2-7(6)12(13)14/h1-4H. The number of benzene rings is 1. The Morgan fingerprint density at radius 3 is 2.80 bits per heavy atom. The first-order valence-corrected chi connectivity index (χ1v) is 4.68. The van der Waals surface area contributed by atoms with Crippen LogP contribution in [-0.2, 0) is 0 Å². The summed E-state index contributed by atoms with van der Waals surface area (Å²) in [6.07, 6.45) is 1.20. The van der Waals surface area contributed by atoms with Crippen LogP contribution in [-0.4, -0.2) is 15.1 Å². The van der Waals surface area contributed by atoms with Gasteiger partial charge in [0.05, 0.1) is 9.40 Å². The van der Waals surface area contributed by atoms with Crippen molar-refractivity contribution >= 4 is 21.6 Å². The Labute approximate surface area is 92.2 Å². The first-order valence-electron chi connectivity index (χ1n) is 3.89. The van der Waals surface area contributed by atoms with Gasteiger partial charge in [0.2, 0.25) is 12.3 Å². The van der Waals surface area contributed by atoms with E-state index in [9.17, 15) is 10.1 Å². The average Bonchev–Trinajstić information content (AvgIpc) is 2.69. The van der Waals surface area contributed by atoms with E-state index in [1.807, 2.05) is 0 Å². The van der Waals surface area contributed by atoms with Gasteiger partial charge in [0, 0.05) is 11.6 Å². The molecule has 0 bridgehead atoms. The Morgan fingerprint density at radius 1 is 1.47 bits per heavy atom. The summed E-state index contributed by atoms with van der Waals surface area (Å²) in [5, 5.41) is 17.8. The summed E-state index contributed by atoms with van der Waals surface area (Å²) >= 11 is 3.10. The topological polar surface area (TPSA) is 82.1 Å². The van der Waals surface area contributed by atoms with E-state index >= 15 is 0 Å². The molecule has 0 N–H and O–H groups in total. The Kier molecular flexibility index (Phi) is 2.46. The normalized spacial score (nSPS) is 10.2. The number of rotatable bonds is 2. The maximum absolute atomic E-state index is 10.5. The molecular weight excluding hydrogens is 266 g/mol. The fourth-order valence-electron chi connectivity index (χ4n) is 1.09. The van der Waals surface area contributed by atoms with E-state index < -0.39 is 4.92 Å². The number of nitro groups is 1. The maximum atomic E-state index is 10.5. The average molecular weight is 270 g/mol. The molecule has 0 aliphatic carbocycles. The summed E-state index contributed by atoms with van der Waals surface area (Å²) in [4.78, 5) is 10.1. The zero-order valence-electron chi connectivity index (χ0n) is 7.25. The minimum Gasteiger partial charge on any atom is -0.423 e. The van der Waals surface area contributed by atoms with Crippen molar-refractivity contribution in [2.75, 3.05) is 0 Å². The molecule has 1 heterocycles. The zero-order valence-corrected chi connectivity index (χ0v) is 8.84. The van der Waals surface area contributed by atoms with Gasteiger partial charge in [-0.25, -0.2) is 0 Å². The van der Waals surface area contributed by atoms with Crippen LogP contribution in [0.2, 0.25) is 0 Å². The molecule has 0 spiro atoms. The molecule has 1 aromatic carbocycles. The summed E-state index contributed by atoms with van der Waals surface area (Å²) in [5.41, 5.74) is 0.628. The second-order valence-corrected chi connectivity index (χ2v) is 3.52. The number of hydrogen-bond acceptors (Lipinski definition) is 5. The van der Waals surface area contributed by atoms with Crippen molar-refractivity contribution in [1.82, 2.24) is 10.2 Å². The van der Waals surface area contributed by atoms with Crippen molar-refractivity contribution < 1.29 is 9.34 Å². The van der Waals surface area contributed by atoms with Gasteiger partial charge in [-0.3, -0.25) is 10.1 Å². The SMILES string of the molecule is O=[N+]([O-])c1ccc(-c2nnco2)cc1Br. The zero-order chi connectivity index (χ0) is 10.8. The smallest absolute Gasteiger partial charge is 0.283 e. The van der Waals surface area contributed by atoms with Crippen molar-refractivity contribution in [3.8, 4) is 11.5 Å². The number of aromatic nitrogens is 2. The predicted octanol–water partition coefficient (Wildman–Crippen LogP) is 2.41. The lowest BCUT2D eigenvalue weighted by atomic mass is 10.2. The van der Waals surface area contributed by atoms with Gasteiger partial charge < -0.3 is 4.42 Å². The number of halogens is 1. The van der Waals surface area contributed by atoms with Crippen LogP contribution >= 0.6 is 15.9 Å². The van der Waals surface area contributed by atoms with Gasteiger partial charge in [-0.05, 0) is 28.1 Å². The van der Waals surface area contributed by atoms with Crippen LogP contribution in [0.1, 0.15) is 0 Å². The van der Waals surface area contributed by atoms with Gasteiger partial charge in [-0.1, -0.05) is 0 Å². The quantitative estimate of drug-likeness (QED) is 0.618. The van der Waals surface area contributed by atoms with Crippen molar-refractivity contribution in [3.63, 3.8) is 0 Å². The summed E-state index contributed by atoms with van der Waals surface area (Å²) in [7, 11) is 0. The van der Waals surface area contributed by atoms with Crippen LogP contribution in [0.25, 0.3) is 11.5 Å². The van der Waals surface area contributed by atoms with E-state index in [0.29, 0.717) is 15.9 Å². The Bertz CT molecular complexity index is 498. The molecule has 0 amide bonds. The minimum atomic E-state index is -0.471. The maximum Gasteiger partial charge on any atom is 0.283 e. The number of nitrogens with zero attached hydrogens (tertiary/aromatic N) is 3. The fraction of sp³-hybridized carbons (Fsp3) is 0. The van der Waals surface area contributed by atoms with Gasteiger partial charge in [0.1, 0.15) is 0 Å². The minimum absolute atomic E-state index is 0.00161. The molecule has 7 heteroatoms. The molecule has 76 valence electrons. The molecule has 0 saturated heterocycles. The van der Waals surface area contributed by atoms with E-state index in [1.54, 1.807) is 12.1 Å². The Hall–Kier alpha value is -1.76. The first-order chi connectivity index (χ1) is 7.18. The highest BCUT2D eigenvalue weighted by atomic mass is 79.9. The largest absolute Gasteiger partial charge is 0.423 e. The Morgan fingerprint density at radius 2 is 2.27 bits per heavy atom. The highest BCUT2D eigenvalue weighted by Crippen LogP contribution is 2.29. The highest BCUT2D eigenvalue weighted by molar-refractivity contribution is 9.10. The van der Waals surface area contributed by atoms with E-state index in [1.165, 1.54) is 12.5 Å². The molecule has 0 fully saturated rings. The summed E-state index contributed by atoms with van der Waals surface area (Å²) < 4.78 is 5.34. The summed E-state index contributed by atoms with van der Waals surface area (Å²) in [5.74, 6) is 0.325. The van der Waals surface area contributed by atoms with Crippen LogP contribution in [0.4, 0.5) is 5.69 Å². The van der Waals surface area contributed by atoms with Crippen molar-refractivity contribution in [1.29, 1.82) is 0 Å². The van der Waals surface area contributed by atoms with E-state index in [-0.39, 0.29) is 5.69 Å². The summed E-state index contributed by atoms with van der Waals surface area (Å²) in [6.45, 7) is 0. The molecule has 15 heavy (non-hydrogen) atoms. The second-order valence-electron chi connectivity index (χ2n) is 2.67. The molecular formula is C8H4BrN3O3. The fourth-order valence-corrected chi connectivity index (χ4v) is 1.61. The highest BCUT2D eigenvalue weighted by Gasteiger charge is 2.13. The van der Waals surface area contributed by atoms with E-state index in [0.717, 1.165) is 0 Å². The van der Waals surface area contributed by atoms with Crippen LogP contribution in [0, 0.1) is 10.1 Å². The van der Waals surface area contributed by atoms with Gasteiger partial charge in [-0.15, -0.1) is 10.2 Å². The number of nitro benzene ring substituents is 1. The van der Waals surface area contributed by atoms with Crippen molar-refractivity contribution in [2.24, 2.45) is 0 Å². The predicted molar refractivity (Wildman–Crippen MR) is 54.1 cm³/mol. The molecule has 1 aromatic heterocycles. The molecule has 2 aromatic rings. The molecule has 0 unspecified atom stereocenters. The number of hydrogen-bond donors (Lipinski definition) is 0. The third kappa shape index (κ3) is 1.86. The van der Waals surface area contributed by atoms with Crippen LogP contribution in [0.5, 0.6) is 0 Å². The third-order valence-corrected chi connectivity index (χ3v) is 2.39. The lowest BCUT2D eigenvalue weighted by molar-refractivity contribution is -0.385. The van der Waals surface area contributed by atoms with Crippen LogP contribution < -0.4 is 0 Å². The van der Waals surface area contributed by atoms with E-state index in [4.69, 9.17) is 4.42 Å². The third-order valence-electron chi connectivity index (χ3n) is 1.75. The molecule has 0 aliphatic heterocycles. The van der Waals surface area contributed by atoms with Crippen LogP contribution in [0.15, 0.2) is 33.5 Å². The van der Waals surface area contributed by atoms with Crippen LogP contribution in [0.3, 0.4) is 0 Å². The van der Waals surface area contributed by atoms with Crippen molar-refractivity contribution in [3.05, 3.63) is 39.2 Å².